The van der Waals surface area contributed by atoms with Crippen LogP contribution in [0.15, 0.2) is 0 Å². The van der Waals surface area contributed by atoms with Gasteiger partial charge in [-0.1, -0.05) is 0 Å². The molecule has 1 atom stereocenters. The summed E-state index contributed by atoms with van der Waals surface area (Å²) in [5, 5.41) is 5.17. The fourth-order valence-corrected chi connectivity index (χ4v) is 0.713. The summed E-state index contributed by atoms with van der Waals surface area (Å²) in [5.74, 6) is -0.135. The van der Waals surface area contributed by atoms with Crippen molar-refractivity contribution in [2.75, 3.05) is 6.54 Å². The van der Waals surface area contributed by atoms with Gasteiger partial charge < -0.3 is 5.32 Å². The van der Waals surface area contributed by atoms with Crippen LogP contribution in [0.2, 0.25) is 0 Å². The molecule has 4 heteroatoms. The molecule has 1 rings (SSSR count). The van der Waals surface area contributed by atoms with Crippen molar-refractivity contribution in [2.24, 2.45) is 0 Å². The Balaban J connectivity index is 2.65. The van der Waals surface area contributed by atoms with Gasteiger partial charge in [0.15, 0.2) is 6.29 Å². The van der Waals surface area contributed by atoms with Crippen molar-refractivity contribution in [3.8, 4) is 0 Å². The Morgan fingerprint density at radius 3 is 2.67 bits per heavy atom. The lowest BCUT2D eigenvalue weighted by atomic mass is 10.3. The highest BCUT2D eigenvalue weighted by molar-refractivity contribution is 5.86. The van der Waals surface area contributed by atoms with E-state index in [9.17, 15) is 9.59 Å². The van der Waals surface area contributed by atoms with E-state index in [1.54, 1.807) is 6.92 Å². The second-order valence-electron chi connectivity index (χ2n) is 2.22. The van der Waals surface area contributed by atoms with Gasteiger partial charge in [0.2, 0.25) is 5.91 Å². The molecule has 1 fully saturated rings. The molecule has 1 saturated heterocycles. The van der Waals surface area contributed by atoms with Gasteiger partial charge in [0.05, 0.1) is 6.54 Å². The van der Waals surface area contributed by atoms with Crippen molar-refractivity contribution in [1.29, 1.82) is 0 Å². The molecule has 0 spiro atoms. The molecule has 0 aromatic heterocycles. The SMILES string of the molecule is CC1(C=O)NCC(=O)N1. The van der Waals surface area contributed by atoms with Gasteiger partial charge in [-0.15, -0.1) is 0 Å². The van der Waals surface area contributed by atoms with E-state index in [2.05, 4.69) is 10.6 Å². The molecule has 4 nitrogen and oxygen atoms in total. The molecule has 50 valence electrons. The molecular weight excluding hydrogens is 120 g/mol. The Kier molecular flexibility index (Phi) is 1.25. The van der Waals surface area contributed by atoms with Gasteiger partial charge in [-0.05, 0) is 6.92 Å². The quantitative estimate of drug-likeness (QED) is 0.428. The van der Waals surface area contributed by atoms with E-state index >= 15 is 0 Å². The van der Waals surface area contributed by atoms with Gasteiger partial charge in [-0.25, -0.2) is 0 Å². The van der Waals surface area contributed by atoms with Crippen molar-refractivity contribution in [2.45, 2.75) is 12.6 Å². The third-order valence-electron chi connectivity index (χ3n) is 1.25. The van der Waals surface area contributed by atoms with Crippen molar-refractivity contribution in [3.63, 3.8) is 0 Å². The molecule has 1 unspecified atom stereocenters. The van der Waals surface area contributed by atoms with Crippen LogP contribution in [-0.2, 0) is 9.59 Å². The van der Waals surface area contributed by atoms with Crippen LogP contribution in [0.3, 0.4) is 0 Å². The third-order valence-corrected chi connectivity index (χ3v) is 1.25. The van der Waals surface area contributed by atoms with Crippen LogP contribution in [0.25, 0.3) is 0 Å². The highest BCUT2D eigenvalue weighted by Crippen LogP contribution is 1.98. The topological polar surface area (TPSA) is 58.2 Å². The highest BCUT2D eigenvalue weighted by atomic mass is 16.2. The smallest absolute Gasteiger partial charge is 0.235 e. The predicted molar refractivity (Wildman–Crippen MR) is 30.6 cm³/mol. The summed E-state index contributed by atoms with van der Waals surface area (Å²) in [6, 6.07) is 0. The maximum atomic E-state index is 10.5. The normalized spacial score (nSPS) is 34.1. The summed E-state index contributed by atoms with van der Waals surface area (Å²) in [4.78, 5) is 20.7. The van der Waals surface area contributed by atoms with Gasteiger partial charge in [0.25, 0.3) is 0 Å². The molecule has 1 heterocycles. The zero-order valence-corrected chi connectivity index (χ0v) is 5.10. The van der Waals surface area contributed by atoms with Crippen LogP contribution in [0, 0.1) is 0 Å². The average Bonchev–Trinajstić information content (AvgIpc) is 2.13. The van der Waals surface area contributed by atoms with E-state index in [1.165, 1.54) is 0 Å². The maximum absolute atomic E-state index is 10.5. The number of nitrogens with one attached hydrogen (secondary N) is 2. The lowest BCUT2D eigenvalue weighted by Crippen LogP contribution is -2.48. The number of carbonyl (C=O) groups excluding carboxylic acids is 2. The molecule has 2 N–H and O–H groups in total. The summed E-state index contributed by atoms with van der Waals surface area (Å²) in [7, 11) is 0. The second-order valence-corrected chi connectivity index (χ2v) is 2.22. The minimum Gasteiger partial charge on any atom is -0.331 e. The minimum absolute atomic E-state index is 0.135. The van der Waals surface area contributed by atoms with Gasteiger partial charge in [0.1, 0.15) is 5.66 Å². The predicted octanol–water partition coefficient (Wildman–Crippen LogP) is -1.38. The number of amides is 1. The van der Waals surface area contributed by atoms with E-state index in [4.69, 9.17) is 0 Å². The summed E-state index contributed by atoms with van der Waals surface area (Å²) in [5.41, 5.74) is -0.822. The molecule has 0 aromatic rings. The van der Waals surface area contributed by atoms with E-state index < -0.39 is 5.66 Å². The first-order chi connectivity index (χ1) is 4.16. The van der Waals surface area contributed by atoms with E-state index in [1.807, 2.05) is 0 Å². The summed E-state index contributed by atoms with van der Waals surface area (Å²) < 4.78 is 0. The first-order valence-corrected chi connectivity index (χ1v) is 2.69. The molecule has 0 aliphatic carbocycles. The van der Waals surface area contributed by atoms with Crippen LogP contribution in [-0.4, -0.2) is 24.4 Å². The molecule has 0 aromatic carbocycles. The second kappa shape index (κ2) is 1.80. The largest absolute Gasteiger partial charge is 0.331 e. The maximum Gasteiger partial charge on any atom is 0.235 e. The number of hydrogen-bond acceptors (Lipinski definition) is 3. The Morgan fingerprint density at radius 2 is 2.44 bits per heavy atom. The summed E-state index contributed by atoms with van der Waals surface area (Å²) >= 11 is 0. The molecule has 0 radical (unpaired) electrons. The summed E-state index contributed by atoms with van der Waals surface area (Å²) in [6.07, 6.45) is 0.678. The van der Waals surface area contributed by atoms with Crippen molar-refractivity contribution < 1.29 is 9.59 Å². The molecule has 9 heavy (non-hydrogen) atoms. The van der Waals surface area contributed by atoms with Crippen molar-refractivity contribution >= 4 is 12.2 Å². The van der Waals surface area contributed by atoms with Gasteiger partial charge in [-0.3, -0.25) is 14.9 Å². The Bertz CT molecular complexity index is 157. The molecule has 0 bridgehead atoms. The van der Waals surface area contributed by atoms with Crippen LogP contribution >= 0.6 is 0 Å². The fourth-order valence-electron chi connectivity index (χ4n) is 0.713. The van der Waals surface area contributed by atoms with Crippen LogP contribution < -0.4 is 10.6 Å². The number of carbonyl (C=O) groups is 2. The lowest BCUT2D eigenvalue weighted by molar-refractivity contribution is -0.121. The Hall–Kier alpha value is -0.900. The zero-order valence-electron chi connectivity index (χ0n) is 5.10. The van der Waals surface area contributed by atoms with Crippen molar-refractivity contribution in [3.05, 3.63) is 0 Å². The van der Waals surface area contributed by atoms with Gasteiger partial charge in [0, 0.05) is 0 Å². The number of rotatable bonds is 1. The average molecular weight is 128 g/mol. The first-order valence-electron chi connectivity index (χ1n) is 2.69. The molecule has 1 aliphatic rings. The monoisotopic (exact) mass is 128 g/mol. The summed E-state index contributed by atoms with van der Waals surface area (Å²) in [6.45, 7) is 1.85. The Labute approximate surface area is 52.6 Å². The third kappa shape index (κ3) is 1.08. The van der Waals surface area contributed by atoms with Crippen LogP contribution in [0.1, 0.15) is 6.92 Å². The van der Waals surface area contributed by atoms with Crippen LogP contribution in [0.4, 0.5) is 0 Å². The molecular formula is C5H8N2O2. The first kappa shape index (κ1) is 6.22. The van der Waals surface area contributed by atoms with E-state index in [0.29, 0.717) is 6.29 Å². The minimum atomic E-state index is -0.822. The van der Waals surface area contributed by atoms with Crippen molar-refractivity contribution in [1.82, 2.24) is 10.6 Å². The van der Waals surface area contributed by atoms with Gasteiger partial charge in [-0.2, -0.15) is 0 Å². The lowest BCUT2D eigenvalue weighted by Gasteiger charge is -2.14. The number of aldehydes is 1. The zero-order chi connectivity index (χ0) is 6.91. The van der Waals surface area contributed by atoms with Crippen LogP contribution in [0.5, 0.6) is 0 Å². The molecule has 1 aliphatic heterocycles. The highest BCUT2D eigenvalue weighted by Gasteiger charge is 2.31. The molecule has 0 saturated carbocycles. The standard InChI is InChI=1S/C5H8N2O2/c1-5(3-8)6-2-4(9)7-5/h3,6H,2H2,1H3,(H,7,9). The number of hydrogen-bond donors (Lipinski definition) is 2. The fraction of sp³-hybridized carbons (Fsp3) is 0.600. The molecule has 1 amide bonds. The van der Waals surface area contributed by atoms with Gasteiger partial charge >= 0.3 is 0 Å². The van der Waals surface area contributed by atoms with E-state index in [-0.39, 0.29) is 12.5 Å². The van der Waals surface area contributed by atoms with E-state index in [0.717, 1.165) is 0 Å². The Morgan fingerprint density at radius 1 is 1.78 bits per heavy atom.